The summed E-state index contributed by atoms with van der Waals surface area (Å²) in [5.41, 5.74) is 5.16. The van der Waals surface area contributed by atoms with Gasteiger partial charge in [0.2, 0.25) is 0 Å². The third kappa shape index (κ3) is 4.08. The number of rotatable bonds is 5. The minimum absolute atomic E-state index is 0.111. The first kappa shape index (κ1) is 19.2. The Balaban J connectivity index is 1.69. The standard InChI is InChI=1S/C21H24ClN3O2/c1-12-6-7-17(10-13(12)2)14(3)23-21(26)19-9-8-18(27-19)11-25-16(5)20(22)15(4)24-25/h6-10,14H,11H2,1-5H3,(H,23,26). The molecule has 1 atom stereocenters. The molecule has 2 aromatic heterocycles. The highest BCUT2D eigenvalue weighted by Gasteiger charge is 2.17. The van der Waals surface area contributed by atoms with Gasteiger partial charge in [0.1, 0.15) is 5.76 Å². The fourth-order valence-electron chi connectivity index (χ4n) is 2.95. The van der Waals surface area contributed by atoms with Crippen molar-refractivity contribution < 1.29 is 9.21 Å². The van der Waals surface area contributed by atoms with Gasteiger partial charge in [-0.05, 0) is 63.4 Å². The Morgan fingerprint density at radius 3 is 2.56 bits per heavy atom. The molecule has 0 bridgehead atoms. The highest BCUT2D eigenvalue weighted by molar-refractivity contribution is 6.31. The van der Waals surface area contributed by atoms with Crippen LogP contribution in [0.4, 0.5) is 0 Å². The van der Waals surface area contributed by atoms with Gasteiger partial charge in [0.05, 0.1) is 29.0 Å². The van der Waals surface area contributed by atoms with E-state index < -0.39 is 0 Å². The highest BCUT2D eigenvalue weighted by Crippen LogP contribution is 2.21. The van der Waals surface area contributed by atoms with E-state index in [0.717, 1.165) is 17.0 Å². The van der Waals surface area contributed by atoms with Crippen LogP contribution in [0.1, 0.15) is 57.4 Å². The SMILES string of the molecule is Cc1ccc(C(C)NC(=O)c2ccc(Cn3nc(C)c(Cl)c3C)o2)cc1C. The van der Waals surface area contributed by atoms with E-state index in [1.807, 2.05) is 26.8 Å². The van der Waals surface area contributed by atoms with Crippen molar-refractivity contribution in [1.29, 1.82) is 0 Å². The Morgan fingerprint density at radius 2 is 1.93 bits per heavy atom. The van der Waals surface area contributed by atoms with E-state index in [2.05, 4.69) is 36.4 Å². The van der Waals surface area contributed by atoms with Crippen molar-refractivity contribution in [3.8, 4) is 0 Å². The molecule has 142 valence electrons. The fraction of sp³-hybridized carbons (Fsp3) is 0.333. The number of carbonyl (C=O) groups is 1. The molecule has 6 heteroatoms. The Hall–Kier alpha value is -2.53. The van der Waals surface area contributed by atoms with Gasteiger partial charge >= 0.3 is 0 Å². The molecule has 1 aromatic carbocycles. The lowest BCUT2D eigenvalue weighted by Gasteiger charge is -2.15. The van der Waals surface area contributed by atoms with Crippen molar-refractivity contribution in [3.63, 3.8) is 0 Å². The van der Waals surface area contributed by atoms with Gasteiger partial charge in [0, 0.05) is 0 Å². The Labute approximate surface area is 164 Å². The lowest BCUT2D eigenvalue weighted by molar-refractivity contribution is 0.0909. The first-order valence-electron chi connectivity index (χ1n) is 8.92. The average molecular weight is 386 g/mol. The largest absolute Gasteiger partial charge is 0.454 e. The zero-order chi connectivity index (χ0) is 19.7. The summed E-state index contributed by atoms with van der Waals surface area (Å²) in [5.74, 6) is 0.702. The molecule has 0 saturated heterocycles. The monoisotopic (exact) mass is 385 g/mol. The molecule has 0 aliphatic carbocycles. The van der Waals surface area contributed by atoms with E-state index in [9.17, 15) is 4.79 Å². The summed E-state index contributed by atoms with van der Waals surface area (Å²) in [7, 11) is 0. The van der Waals surface area contributed by atoms with Crippen molar-refractivity contribution in [2.45, 2.75) is 47.2 Å². The van der Waals surface area contributed by atoms with E-state index in [4.69, 9.17) is 16.0 Å². The van der Waals surface area contributed by atoms with Crippen LogP contribution in [0, 0.1) is 27.7 Å². The highest BCUT2D eigenvalue weighted by atomic mass is 35.5. The van der Waals surface area contributed by atoms with Crippen LogP contribution >= 0.6 is 11.6 Å². The third-order valence-electron chi connectivity index (χ3n) is 4.86. The van der Waals surface area contributed by atoms with Crippen LogP contribution in [-0.4, -0.2) is 15.7 Å². The number of halogens is 1. The van der Waals surface area contributed by atoms with Crippen LogP contribution in [-0.2, 0) is 6.54 Å². The number of carbonyl (C=O) groups excluding carboxylic acids is 1. The van der Waals surface area contributed by atoms with Crippen LogP contribution in [0.3, 0.4) is 0 Å². The summed E-state index contributed by atoms with van der Waals surface area (Å²) in [5, 5.41) is 8.03. The van der Waals surface area contributed by atoms with Crippen molar-refractivity contribution >= 4 is 17.5 Å². The van der Waals surface area contributed by atoms with E-state index in [1.54, 1.807) is 16.8 Å². The summed E-state index contributed by atoms with van der Waals surface area (Å²) in [6.45, 7) is 10.3. The molecule has 27 heavy (non-hydrogen) atoms. The number of aryl methyl sites for hydroxylation is 3. The number of nitrogens with zero attached hydrogens (tertiary/aromatic N) is 2. The second-order valence-corrected chi connectivity index (χ2v) is 7.33. The molecule has 2 heterocycles. The Bertz CT molecular complexity index is 987. The summed E-state index contributed by atoms with van der Waals surface area (Å²) < 4.78 is 7.49. The van der Waals surface area contributed by atoms with Gasteiger partial charge in [0.25, 0.3) is 5.91 Å². The minimum atomic E-state index is -0.238. The number of amides is 1. The molecule has 3 aromatic rings. The lowest BCUT2D eigenvalue weighted by atomic mass is 10.0. The van der Waals surface area contributed by atoms with E-state index in [-0.39, 0.29) is 17.7 Å². The normalized spacial score (nSPS) is 12.2. The predicted octanol–water partition coefficient (Wildman–Crippen LogP) is 4.90. The summed E-state index contributed by atoms with van der Waals surface area (Å²) >= 11 is 6.18. The molecule has 0 fully saturated rings. The van der Waals surface area contributed by atoms with Crippen LogP contribution in [0.25, 0.3) is 0 Å². The van der Waals surface area contributed by atoms with Crippen molar-refractivity contribution in [2.24, 2.45) is 0 Å². The number of hydrogen-bond acceptors (Lipinski definition) is 3. The van der Waals surface area contributed by atoms with E-state index in [1.165, 1.54) is 11.1 Å². The Kier molecular flexibility index (Phi) is 5.42. The van der Waals surface area contributed by atoms with Crippen LogP contribution in [0.15, 0.2) is 34.7 Å². The smallest absolute Gasteiger partial charge is 0.287 e. The van der Waals surface area contributed by atoms with Gasteiger partial charge in [-0.1, -0.05) is 29.8 Å². The second-order valence-electron chi connectivity index (χ2n) is 6.95. The number of furan rings is 1. The molecule has 0 aliphatic rings. The average Bonchev–Trinajstić information content (AvgIpc) is 3.18. The predicted molar refractivity (Wildman–Crippen MR) is 106 cm³/mol. The van der Waals surface area contributed by atoms with Crippen molar-refractivity contribution in [2.75, 3.05) is 0 Å². The van der Waals surface area contributed by atoms with Gasteiger partial charge < -0.3 is 9.73 Å². The molecule has 5 nitrogen and oxygen atoms in total. The molecule has 0 saturated carbocycles. The molecule has 3 rings (SSSR count). The van der Waals surface area contributed by atoms with Gasteiger partial charge in [-0.15, -0.1) is 0 Å². The zero-order valence-corrected chi connectivity index (χ0v) is 17.0. The van der Waals surface area contributed by atoms with Gasteiger partial charge in [-0.2, -0.15) is 5.10 Å². The third-order valence-corrected chi connectivity index (χ3v) is 5.41. The van der Waals surface area contributed by atoms with Crippen LogP contribution in [0.2, 0.25) is 5.02 Å². The summed E-state index contributed by atoms with van der Waals surface area (Å²) in [6.07, 6.45) is 0. The first-order chi connectivity index (χ1) is 12.8. The molecular weight excluding hydrogens is 362 g/mol. The molecule has 0 aliphatic heterocycles. The van der Waals surface area contributed by atoms with Gasteiger partial charge in [0.15, 0.2) is 5.76 Å². The van der Waals surface area contributed by atoms with Crippen LogP contribution < -0.4 is 5.32 Å². The topological polar surface area (TPSA) is 60.1 Å². The number of hydrogen-bond donors (Lipinski definition) is 1. The summed E-state index contributed by atoms with van der Waals surface area (Å²) in [4.78, 5) is 12.5. The number of benzene rings is 1. The molecule has 1 unspecified atom stereocenters. The molecule has 1 N–H and O–H groups in total. The molecule has 1 amide bonds. The van der Waals surface area contributed by atoms with Crippen molar-refractivity contribution in [1.82, 2.24) is 15.1 Å². The van der Waals surface area contributed by atoms with Gasteiger partial charge in [-0.3, -0.25) is 9.48 Å². The molecule has 0 spiro atoms. The number of nitrogens with one attached hydrogen (secondary N) is 1. The van der Waals surface area contributed by atoms with Crippen LogP contribution in [0.5, 0.6) is 0 Å². The quantitative estimate of drug-likeness (QED) is 0.679. The Morgan fingerprint density at radius 1 is 1.19 bits per heavy atom. The number of aromatic nitrogens is 2. The molecular formula is C21H24ClN3O2. The van der Waals surface area contributed by atoms with Gasteiger partial charge in [-0.25, -0.2) is 0 Å². The summed E-state index contributed by atoms with van der Waals surface area (Å²) in [6, 6.07) is 9.57. The van der Waals surface area contributed by atoms with Crippen molar-refractivity contribution in [3.05, 3.63) is 75.0 Å². The first-order valence-corrected chi connectivity index (χ1v) is 9.30. The van der Waals surface area contributed by atoms with E-state index in [0.29, 0.717) is 17.3 Å². The maximum Gasteiger partial charge on any atom is 0.287 e. The maximum absolute atomic E-state index is 12.5. The minimum Gasteiger partial charge on any atom is -0.454 e. The zero-order valence-electron chi connectivity index (χ0n) is 16.3. The van der Waals surface area contributed by atoms with E-state index >= 15 is 0 Å². The lowest BCUT2D eigenvalue weighted by Crippen LogP contribution is -2.26. The fourth-order valence-corrected chi connectivity index (χ4v) is 3.08. The maximum atomic E-state index is 12.5. The second kappa shape index (κ2) is 7.61. The molecule has 0 radical (unpaired) electrons.